The molecule has 0 aliphatic carbocycles. The second-order valence-electron chi connectivity index (χ2n) is 4.22. The molecule has 3 N–H and O–H groups in total. The van der Waals surface area contributed by atoms with Crippen LogP contribution in [0.5, 0.6) is 0 Å². The Balaban J connectivity index is 1.90. The van der Waals surface area contributed by atoms with Crippen LogP contribution in [0, 0.1) is 0 Å². The van der Waals surface area contributed by atoms with Crippen LogP contribution in [-0.2, 0) is 4.79 Å². The maximum Gasteiger partial charge on any atom is 0.241 e. The second-order valence-corrected chi connectivity index (χ2v) is 4.59. The van der Waals surface area contributed by atoms with Gasteiger partial charge in [-0.1, -0.05) is 11.6 Å². The number of nitrogens with two attached hydrogens (primary N) is 1. The Kier molecular flexibility index (Phi) is 4.19. The first-order valence-electron chi connectivity index (χ1n) is 5.96. The van der Waals surface area contributed by atoms with Gasteiger partial charge in [-0.3, -0.25) is 4.79 Å². The molecule has 1 aromatic rings. The number of aromatic nitrogens is 2. The Hall–Kier alpha value is -1.56. The predicted molar refractivity (Wildman–Crippen MR) is 70.4 cm³/mol. The van der Waals surface area contributed by atoms with E-state index in [-0.39, 0.29) is 23.3 Å². The van der Waals surface area contributed by atoms with Crippen LogP contribution < -0.4 is 11.1 Å². The van der Waals surface area contributed by atoms with Crippen molar-refractivity contribution in [1.82, 2.24) is 14.9 Å². The number of nitrogen functional groups attached to an aromatic ring is 1. The molecule has 7 heteroatoms. The number of nitrogens with one attached hydrogen (secondary N) is 1. The van der Waals surface area contributed by atoms with Gasteiger partial charge in [0.05, 0.1) is 6.54 Å². The molecule has 0 atom stereocenters. The number of piperidine rings is 1. The lowest BCUT2D eigenvalue weighted by Crippen LogP contribution is -2.39. The number of anilines is 2. The Morgan fingerprint density at radius 2 is 2.11 bits per heavy atom. The summed E-state index contributed by atoms with van der Waals surface area (Å²) < 4.78 is 0. The number of amides is 1. The molecule has 1 amide bonds. The van der Waals surface area contributed by atoms with E-state index in [0.717, 1.165) is 25.9 Å². The lowest BCUT2D eigenvalue weighted by molar-refractivity contribution is -0.130. The number of nitrogens with zero attached hydrogens (tertiary/aromatic N) is 3. The van der Waals surface area contributed by atoms with Gasteiger partial charge in [-0.2, -0.15) is 0 Å². The number of carbonyl (C=O) groups excluding carboxylic acids is 1. The average molecular weight is 270 g/mol. The second kappa shape index (κ2) is 5.86. The number of likely N-dealkylation sites (tertiary alicyclic amines) is 1. The van der Waals surface area contributed by atoms with Crippen LogP contribution in [0.1, 0.15) is 19.3 Å². The van der Waals surface area contributed by atoms with Gasteiger partial charge in [-0.15, -0.1) is 0 Å². The Bertz CT molecular complexity index is 433. The molecule has 0 unspecified atom stereocenters. The largest absolute Gasteiger partial charge is 0.382 e. The van der Waals surface area contributed by atoms with E-state index < -0.39 is 0 Å². The molecule has 1 fully saturated rings. The molecule has 2 rings (SSSR count). The SMILES string of the molecule is Nc1ncnc(NCC(=O)N2CCCCC2)c1Cl. The van der Waals surface area contributed by atoms with Gasteiger partial charge in [0.15, 0.2) is 5.82 Å². The minimum Gasteiger partial charge on any atom is -0.382 e. The normalized spacial score (nSPS) is 15.5. The fourth-order valence-corrected chi connectivity index (χ4v) is 2.09. The first-order chi connectivity index (χ1) is 8.68. The first kappa shape index (κ1) is 12.9. The fourth-order valence-electron chi connectivity index (χ4n) is 1.92. The molecule has 0 aromatic carbocycles. The highest BCUT2D eigenvalue weighted by Gasteiger charge is 2.16. The standard InChI is InChI=1S/C11H16ClN5O/c12-9-10(13)15-7-16-11(9)14-6-8(18)17-4-2-1-3-5-17/h7H,1-6H2,(H3,13,14,15,16). The molecule has 0 saturated carbocycles. The molecule has 98 valence electrons. The highest BCUT2D eigenvalue weighted by molar-refractivity contribution is 6.35. The van der Waals surface area contributed by atoms with Crippen molar-refractivity contribution in [2.24, 2.45) is 0 Å². The monoisotopic (exact) mass is 269 g/mol. The molecule has 1 aromatic heterocycles. The Morgan fingerprint density at radius 3 is 2.83 bits per heavy atom. The van der Waals surface area contributed by atoms with Gasteiger partial charge in [-0.25, -0.2) is 9.97 Å². The number of hydrogen-bond acceptors (Lipinski definition) is 5. The third-order valence-electron chi connectivity index (χ3n) is 2.93. The van der Waals surface area contributed by atoms with Crippen LogP contribution in [0.4, 0.5) is 11.6 Å². The molecular weight excluding hydrogens is 254 g/mol. The summed E-state index contributed by atoms with van der Waals surface area (Å²) in [6.45, 7) is 1.84. The van der Waals surface area contributed by atoms with Crippen molar-refractivity contribution >= 4 is 29.1 Å². The van der Waals surface area contributed by atoms with Gasteiger partial charge in [0.25, 0.3) is 0 Å². The van der Waals surface area contributed by atoms with Gasteiger partial charge < -0.3 is 16.0 Å². The van der Waals surface area contributed by atoms with Crippen molar-refractivity contribution < 1.29 is 4.79 Å². The van der Waals surface area contributed by atoms with E-state index in [1.807, 2.05) is 4.90 Å². The number of hydrogen-bond donors (Lipinski definition) is 2. The maximum absolute atomic E-state index is 11.9. The summed E-state index contributed by atoms with van der Waals surface area (Å²) in [7, 11) is 0. The third-order valence-corrected chi connectivity index (χ3v) is 3.30. The van der Waals surface area contributed by atoms with Crippen molar-refractivity contribution in [3.8, 4) is 0 Å². The molecule has 0 bridgehead atoms. The molecule has 6 nitrogen and oxygen atoms in total. The van der Waals surface area contributed by atoms with Crippen molar-refractivity contribution in [3.63, 3.8) is 0 Å². The highest BCUT2D eigenvalue weighted by atomic mass is 35.5. The lowest BCUT2D eigenvalue weighted by Gasteiger charge is -2.26. The zero-order valence-corrected chi connectivity index (χ0v) is 10.8. The van der Waals surface area contributed by atoms with Crippen molar-refractivity contribution in [2.75, 3.05) is 30.7 Å². The van der Waals surface area contributed by atoms with Crippen molar-refractivity contribution in [1.29, 1.82) is 0 Å². The van der Waals surface area contributed by atoms with Crippen LogP contribution >= 0.6 is 11.6 Å². The Morgan fingerprint density at radius 1 is 1.39 bits per heavy atom. The van der Waals surface area contributed by atoms with Crippen LogP contribution in [0.15, 0.2) is 6.33 Å². The van der Waals surface area contributed by atoms with Gasteiger partial charge in [0, 0.05) is 13.1 Å². The Labute approximate surface area is 111 Å². The summed E-state index contributed by atoms with van der Waals surface area (Å²) >= 11 is 5.93. The van der Waals surface area contributed by atoms with Crippen molar-refractivity contribution in [3.05, 3.63) is 11.3 Å². The van der Waals surface area contributed by atoms with Gasteiger partial charge in [-0.05, 0) is 19.3 Å². The summed E-state index contributed by atoms with van der Waals surface area (Å²) in [4.78, 5) is 21.5. The first-order valence-corrected chi connectivity index (χ1v) is 6.34. The molecule has 18 heavy (non-hydrogen) atoms. The number of halogens is 1. The molecule has 0 radical (unpaired) electrons. The maximum atomic E-state index is 11.9. The molecule has 0 spiro atoms. The number of carbonyl (C=O) groups is 1. The van der Waals surface area contributed by atoms with E-state index in [1.165, 1.54) is 12.7 Å². The average Bonchev–Trinajstić information content (AvgIpc) is 2.41. The van der Waals surface area contributed by atoms with Crippen LogP contribution in [0.25, 0.3) is 0 Å². The zero-order chi connectivity index (χ0) is 13.0. The summed E-state index contributed by atoms with van der Waals surface area (Å²) in [5, 5.41) is 3.15. The molecule has 1 saturated heterocycles. The van der Waals surface area contributed by atoms with E-state index >= 15 is 0 Å². The highest BCUT2D eigenvalue weighted by Crippen LogP contribution is 2.22. The smallest absolute Gasteiger partial charge is 0.241 e. The van der Waals surface area contributed by atoms with E-state index in [2.05, 4.69) is 15.3 Å². The quantitative estimate of drug-likeness (QED) is 0.860. The van der Waals surface area contributed by atoms with Gasteiger partial charge in [0.2, 0.25) is 5.91 Å². The molecule has 1 aliphatic rings. The van der Waals surface area contributed by atoms with E-state index in [9.17, 15) is 4.79 Å². The summed E-state index contributed by atoms with van der Waals surface area (Å²) in [5.41, 5.74) is 5.55. The molecular formula is C11H16ClN5O. The summed E-state index contributed by atoms with van der Waals surface area (Å²) in [5.74, 6) is 0.664. The van der Waals surface area contributed by atoms with Crippen LogP contribution in [0.3, 0.4) is 0 Å². The third kappa shape index (κ3) is 3.01. The lowest BCUT2D eigenvalue weighted by atomic mass is 10.1. The zero-order valence-electron chi connectivity index (χ0n) is 10.0. The summed E-state index contributed by atoms with van der Waals surface area (Å²) in [6, 6.07) is 0. The topological polar surface area (TPSA) is 84.1 Å². The summed E-state index contributed by atoms with van der Waals surface area (Å²) in [6.07, 6.45) is 4.67. The van der Waals surface area contributed by atoms with E-state index in [4.69, 9.17) is 17.3 Å². The fraction of sp³-hybridized carbons (Fsp3) is 0.545. The predicted octanol–water partition coefficient (Wildman–Crippen LogP) is 1.14. The van der Waals surface area contributed by atoms with Crippen LogP contribution in [0.2, 0.25) is 5.02 Å². The minimum absolute atomic E-state index is 0.0583. The van der Waals surface area contributed by atoms with E-state index in [1.54, 1.807) is 0 Å². The molecule has 1 aliphatic heterocycles. The van der Waals surface area contributed by atoms with Gasteiger partial charge in [0.1, 0.15) is 17.2 Å². The molecule has 2 heterocycles. The van der Waals surface area contributed by atoms with E-state index in [0.29, 0.717) is 5.82 Å². The minimum atomic E-state index is 0.0583. The number of rotatable bonds is 3. The van der Waals surface area contributed by atoms with Crippen molar-refractivity contribution in [2.45, 2.75) is 19.3 Å². The van der Waals surface area contributed by atoms with Gasteiger partial charge >= 0.3 is 0 Å². The van der Waals surface area contributed by atoms with Crippen LogP contribution in [-0.4, -0.2) is 40.4 Å².